The van der Waals surface area contributed by atoms with Crippen LogP contribution in [0.4, 0.5) is 4.39 Å². The number of aliphatic hydroxyl groups is 1. The molecule has 0 unspecified atom stereocenters. The van der Waals surface area contributed by atoms with Crippen LogP contribution >= 0.6 is 0 Å². The molecule has 2 aromatic carbocycles. The van der Waals surface area contributed by atoms with Crippen molar-refractivity contribution in [2.75, 3.05) is 6.61 Å². The predicted molar refractivity (Wildman–Crippen MR) is 170 cm³/mol. The summed E-state index contributed by atoms with van der Waals surface area (Å²) in [5, 5.41) is 12.7. The molecule has 0 saturated heterocycles. The Balaban J connectivity index is 1.33. The molecule has 0 bridgehead atoms. The number of aromatic nitrogens is 2. The van der Waals surface area contributed by atoms with Gasteiger partial charge in [0.25, 0.3) is 0 Å². The van der Waals surface area contributed by atoms with Crippen LogP contribution in [0.1, 0.15) is 88.3 Å². The van der Waals surface area contributed by atoms with Crippen molar-refractivity contribution in [2.45, 2.75) is 83.8 Å². The Kier molecular flexibility index (Phi) is 7.76. The summed E-state index contributed by atoms with van der Waals surface area (Å²) in [5.74, 6) is 0.540. The number of carbonyl (C=O) groups excluding carboxylic acids is 2. The van der Waals surface area contributed by atoms with Crippen LogP contribution in [-0.4, -0.2) is 39.4 Å². The summed E-state index contributed by atoms with van der Waals surface area (Å²) in [6.07, 6.45) is 4.28. The van der Waals surface area contributed by atoms with E-state index in [0.29, 0.717) is 46.0 Å². The molecule has 2 aromatic heterocycles. The zero-order chi connectivity index (χ0) is 32.1. The Labute approximate surface area is 262 Å². The molecule has 8 heteroatoms. The lowest BCUT2D eigenvalue weighted by Crippen LogP contribution is -2.37. The highest BCUT2D eigenvalue weighted by Gasteiger charge is 2.46. The van der Waals surface area contributed by atoms with Crippen LogP contribution in [0.5, 0.6) is 11.5 Å². The second-order valence-corrected chi connectivity index (χ2v) is 14.1. The Hall–Kier alpha value is -4.17. The second kappa shape index (κ2) is 11.3. The Morgan fingerprint density at radius 1 is 1.09 bits per heavy atom. The van der Waals surface area contributed by atoms with Crippen molar-refractivity contribution in [1.29, 1.82) is 0 Å². The molecular formula is C37H39FN2O5. The minimum absolute atomic E-state index is 0.0285. The Bertz CT molecular complexity index is 1790. The lowest BCUT2D eigenvalue weighted by atomic mass is 9.74. The zero-order valence-electron chi connectivity index (χ0n) is 26.4. The Morgan fingerprint density at radius 2 is 1.82 bits per heavy atom. The van der Waals surface area contributed by atoms with E-state index in [1.165, 1.54) is 12.1 Å². The molecule has 2 atom stereocenters. The van der Waals surface area contributed by atoms with Crippen LogP contribution in [0.2, 0.25) is 0 Å². The number of carbonyl (C=O) groups is 2. The van der Waals surface area contributed by atoms with Crippen LogP contribution in [0, 0.1) is 11.2 Å². The van der Waals surface area contributed by atoms with Crippen LogP contribution in [0.3, 0.4) is 0 Å². The number of halogens is 1. The summed E-state index contributed by atoms with van der Waals surface area (Å²) in [6.45, 7) is 9.67. The molecule has 0 spiro atoms. The number of nitrogens with zero attached hydrogens (tertiary/aromatic N) is 2. The van der Waals surface area contributed by atoms with Crippen LogP contribution < -0.4 is 9.47 Å². The van der Waals surface area contributed by atoms with E-state index in [4.69, 9.17) is 14.5 Å². The molecule has 2 aliphatic rings. The van der Waals surface area contributed by atoms with E-state index in [9.17, 15) is 19.1 Å². The number of benzene rings is 2. The van der Waals surface area contributed by atoms with Crippen molar-refractivity contribution in [1.82, 2.24) is 9.97 Å². The van der Waals surface area contributed by atoms with Gasteiger partial charge in [-0.15, -0.1) is 0 Å². The fourth-order valence-electron chi connectivity index (χ4n) is 5.77. The smallest absolute Gasteiger partial charge is 0.163 e. The Morgan fingerprint density at radius 3 is 2.51 bits per heavy atom. The normalized spacial score (nSPS) is 19.1. The number of fused-ring (bicyclic) bond motifs is 2. The molecule has 1 N–H and O–H groups in total. The maximum Gasteiger partial charge on any atom is 0.163 e. The molecule has 3 heterocycles. The predicted octanol–water partition coefficient (Wildman–Crippen LogP) is 7.50. The van der Waals surface area contributed by atoms with Gasteiger partial charge in [-0.2, -0.15) is 0 Å². The third kappa shape index (κ3) is 6.34. The lowest BCUT2D eigenvalue weighted by molar-refractivity contribution is -0.126. The van der Waals surface area contributed by atoms with Gasteiger partial charge in [0.2, 0.25) is 0 Å². The molecule has 1 aliphatic carbocycles. The fraction of sp³-hybridized carbons (Fsp3) is 0.405. The van der Waals surface area contributed by atoms with Crippen molar-refractivity contribution in [2.24, 2.45) is 5.41 Å². The standard InChI is InChI=1S/C37H39FN2O5/c1-35(2,3)20-31(42)36(4)21-44-34-27(36)19-30(40-33(34)22-8-10-25(38)11-9-22)37(5,43)15-14-28(41)24-17-23-7-6-16-39-32(23)29(18-24)45-26-12-13-26/h6-11,16-19,26,43H,12-15,20-21H2,1-5H3/t36-,37-/m0/s1. The monoisotopic (exact) mass is 610 g/mol. The van der Waals surface area contributed by atoms with E-state index in [1.54, 1.807) is 37.4 Å². The van der Waals surface area contributed by atoms with E-state index < -0.39 is 16.8 Å². The van der Waals surface area contributed by atoms with Crippen LogP contribution in [0.15, 0.2) is 60.8 Å². The topological polar surface area (TPSA) is 98.6 Å². The number of ether oxygens (including phenoxy) is 2. The molecule has 45 heavy (non-hydrogen) atoms. The van der Waals surface area contributed by atoms with Crippen LogP contribution in [0.25, 0.3) is 22.2 Å². The van der Waals surface area contributed by atoms with Gasteiger partial charge in [0.05, 0.1) is 17.2 Å². The van der Waals surface area contributed by atoms with Gasteiger partial charge in [-0.1, -0.05) is 26.8 Å². The van der Waals surface area contributed by atoms with Gasteiger partial charge in [-0.25, -0.2) is 9.37 Å². The highest BCUT2D eigenvalue weighted by molar-refractivity contribution is 6.01. The second-order valence-electron chi connectivity index (χ2n) is 14.1. The van der Waals surface area contributed by atoms with Gasteiger partial charge in [0.15, 0.2) is 5.78 Å². The molecule has 4 aromatic rings. The first-order valence-corrected chi connectivity index (χ1v) is 15.5. The maximum atomic E-state index is 13.8. The van der Waals surface area contributed by atoms with E-state index in [0.717, 1.165) is 23.7 Å². The van der Waals surface area contributed by atoms with E-state index >= 15 is 0 Å². The van der Waals surface area contributed by atoms with Gasteiger partial charge in [0.1, 0.15) is 46.5 Å². The van der Waals surface area contributed by atoms with Gasteiger partial charge in [-0.3, -0.25) is 14.6 Å². The quantitative estimate of drug-likeness (QED) is 0.186. The minimum atomic E-state index is -1.53. The average Bonchev–Trinajstić information content (AvgIpc) is 3.75. The molecule has 1 fully saturated rings. The van der Waals surface area contributed by atoms with Gasteiger partial charge < -0.3 is 14.6 Å². The largest absolute Gasteiger partial charge is 0.490 e. The summed E-state index contributed by atoms with van der Waals surface area (Å²) < 4.78 is 26.1. The number of ketones is 2. The molecule has 234 valence electrons. The molecule has 0 amide bonds. The number of hydrogen-bond donors (Lipinski definition) is 1. The summed E-state index contributed by atoms with van der Waals surface area (Å²) in [7, 11) is 0. The molecule has 7 nitrogen and oxygen atoms in total. The molecule has 0 radical (unpaired) electrons. The molecule has 1 aliphatic heterocycles. The van der Waals surface area contributed by atoms with E-state index in [1.807, 2.05) is 45.9 Å². The van der Waals surface area contributed by atoms with Crippen molar-refractivity contribution >= 4 is 22.5 Å². The lowest BCUT2D eigenvalue weighted by Gasteiger charge is -2.28. The van der Waals surface area contributed by atoms with Crippen molar-refractivity contribution < 1.29 is 28.6 Å². The van der Waals surface area contributed by atoms with Crippen molar-refractivity contribution in [3.05, 3.63) is 83.4 Å². The van der Waals surface area contributed by atoms with Crippen LogP contribution in [-0.2, 0) is 15.8 Å². The van der Waals surface area contributed by atoms with Gasteiger partial charge >= 0.3 is 0 Å². The van der Waals surface area contributed by atoms with Crippen molar-refractivity contribution in [3.8, 4) is 22.8 Å². The number of hydrogen-bond acceptors (Lipinski definition) is 7. The molecule has 6 rings (SSSR count). The summed E-state index contributed by atoms with van der Waals surface area (Å²) in [6, 6.07) is 14.9. The minimum Gasteiger partial charge on any atom is -0.490 e. The third-order valence-corrected chi connectivity index (χ3v) is 8.70. The molecule has 1 saturated carbocycles. The number of pyridine rings is 2. The number of Topliss-reactive ketones (excluding diaryl/α,β-unsaturated/α-hetero) is 2. The summed E-state index contributed by atoms with van der Waals surface area (Å²) in [5.41, 5.74) is 0.462. The SMILES string of the molecule is CC(C)(C)CC(=O)[C@@]1(C)COc2c1cc([C@@](C)(O)CCC(=O)c1cc(OC3CC3)c3ncccc3c1)nc2-c1ccc(F)cc1. The van der Waals surface area contributed by atoms with Gasteiger partial charge in [0, 0.05) is 41.1 Å². The highest BCUT2D eigenvalue weighted by atomic mass is 19.1. The zero-order valence-corrected chi connectivity index (χ0v) is 26.4. The van der Waals surface area contributed by atoms with Gasteiger partial charge in [-0.05, 0) is 87.1 Å². The van der Waals surface area contributed by atoms with E-state index in [2.05, 4.69) is 4.98 Å². The molecular weight excluding hydrogens is 571 g/mol. The van der Waals surface area contributed by atoms with E-state index in [-0.39, 0.29) is 42.5 Å². The summed E-state index contributed by atoms with van der Waals surface area (Å²) in [4.78, 5) is 36.5. The third-order valence-electron chi connectivity index (χ3n) is 8.70. The number of rotatable bonds is 10. The fourth-order valence-corrected chi connectivity index (χ4v) is 5.77. The average molecular weight is 611 g/mol. The highest BCUT2D eigenvalue weighted by Crippen LogP contribution is 2.47. The van der Waals surface area contributed by atoms with Crippen molar-refractivity contribution in [3.63, 3.8) is 0 Å². The summed E-state index contributed by atoms with van der Waals surface area (Å²) >= 11 is 0. The maximum absolute atomic E-state index is 13.8. The first-order valence-electron chi connectivity index (χ1n) is 15.5. The first-order chi connectivity index (χ1) is 21.2. The first kappa shape index (κ1) is 30.8.